The lowest BCUT2D eigenvalue weighted by atomic mass is 10.1. The van der Waals surface area contributed by atoms with Crippen molar-refractivity contribution in [2.45, 2.75) is 6.42 Å². The molecule has 0 radical (unpaired) electrons. The van der Waals surface area contributed by atoms with E-state index in [0.29, 0.717) is 16.4 Å². The van der Waals surface area contributed by atoms with Gasteiger partial charge in [-0.3, -0.25) is 4.79 Å². The first-order valence-corrected chi connectivity index (χ1v) is 6.95. The normalized spacial score (nSPS) is 10.2. The Balaban J connectivity index is 2.15. The summed E-state index contributed by atoms with van der Waals surface area (Å²) in [5.41, 5.74) is 8.73. The molecule has 1 amide bonds. The van der Waals surface area contributed by atoms with Crippen molar-refractivity contribution < 1.29 is 4.79 Å². The first-order chi connectivity index (χ1) is 9.97. The van der Waals surface area contributed by atoms with Gasteiger partial charge in [-0.2, -0.15) is 0 Å². The van der Waals surface area contributed by atoms with Crippen LogP contribution in [0.25, 0.3) is 0 Å². The summed E-state index contributed by atoms with van der Waals surface area (Å²) < 4.78 is 0. The number of rotatable bonds is 4. The highest BCUT2D eigenvalue weighted by atomic mass is 35.5. The van der Waals surface area contributed by atoms with Crippen LogP contribution in [-0.4, -0.2) is 20.0 Å². The largest absolute Gasteiger partial charge is 0.399 e. The fraction of sp³-hybridized carbons (Fsp3) is 0.188. The lowest BCUT2D eigenvalue weighted by Crippen LogP contribution is -2.18. The Labute approximate surface area is 129 Å². The van der Waals surface area contributed by atoms with Crippen LogP contribution in [0.4, 0.5) is 17.1 Å². The van der Waals surface area contributed by atoms with Crippen LogP contribution < -0.4 is 16.0 Å². The molecule has 2 aromatic rings. The van der Waals surface area contributed by atoms with E-state index in [2.05, 4.69) is 5.32 Å². The third-order valence-electron chi connectivity index (χ3n) is 3.02. The molecule has 3 N–H and O–H groups in total. The van der Waals surface area contributed by atoms with Crippen LogP contribution in [0.3, 0.4) is 0 Å². The number of para-hydroxylation sites is 1. The van der Waals surface area contributed by atoms with E-state index < -0.39 is 0 Å². The predicted octanol–water partition coefficient (Wildman–Crippen LogP) is 3.17. The Hall–Kier alpha value is -2.20. The van der Waals surface area contributed by atoms with Gasteiger partial charge < -0.3 is 16.0 Å². The molecule has 0 atom stereocenters. The summed E-state index contributed by atoms with van der Waals surface area (Å²) >= 11 is 6.18. The van der Waals surface area contributed by atoms with E-state index in [0.717, 1.165) is 11.3 Å². The molecule has 0 fully saturated rings. The predicted molar refractivity (Wildman–Crippen MR) is 89.0 cm³/mol. The van der Waals surface area contributed by atoms with E-state index in [-0.39, 0.29) is 12.3 Å². The highest BCUT2D eigenvalue weighted by molar-refractivity contribution is 6.34. The van der Waals surface area contributed by atoms with Gasteiger partial charge >= 0.3 is 0 Å². The topological polar surface area (TPSA) is 58.4 Å². The number of hydrogen-bond acceptors (Lipinski definition) is 3. The number of amides is 1. The summed E-state index contributed by atoms with van der Waals surface area (Å²) in [6.45, 7) is 0. The summed E-state index contributed by atoms with van der Waals surface area (Å²) in [6, 6.07) is 12.7. The molecule has 21 heavy (non-hydrogen) atoms. The Morgan fingerprint density at radius 1 is 1.24 bits per heavy atom. The van der Waals surface area contributed by atoms with Crippen molar-refractivity contribution in [3.05, 3.63) is 53.1 Å². The van der Waals surface area contributed by atoms with Gasteiger partial charge in [-0.1, -0.05) is 29.8 Å². The van der Waals surface area contributed by atoms with Crippen LogP contribution in [0.5, 0.6) is 0 Å². The van der Waals surface area contributed by atoms with Gasteiger partial charge in [0, 0.05) is 19.8 Å². The molecule has 110 valence electrons. The smallest absolute Gasteiger partial charge is 0.228 e. The maximum absolute atomic E-state index is 12.2. The molecule has 0 aliphatic rings. The Kier molecular flexibility index (Phi) is 4.70. The van der Waals surface area contributed by atoms with E-state index in [9.17, 15) is 4.79 Å². The van der Waals surface area contributed by atoms with E-state index in [1.165, 1.54) is 0 Å². The lowest BCUT2D eigenvalue weighted by Gasteiger charge is -2.19. The average molecular weight is 304 g/mol. The molecular weight excluding hydrogens is 286 g/mol. The second-order valence-electron chi connectivity index (χ2n) is 5.00. The van der Waals surface area contributed by atoms with Gasteiger partial charge in [-0.15, -0.1) is 0 Å². The minimum absolute atomic E-state index is 0.106. The van der Waals surface area contributed by atoms with Crippen molar-refractivity contribution >= 4 is 34.6 Å². The van der Waals surface area contributed by atoms with E-state index in [4.69, 9.17) is 17.3 Å². The van der Waals surface area contributed by atoms with Crippen LogP contribution in [0.1, 0.15) is 5.56 Å². The molecule has 0 unspecified atom stereocenters. The Bertz CT molecular complexity index is 656. The fourth-order valence-electron chi connectivity index (χ4n) is 2.15. The Morgan fingerprint density at radius 3 is 2.62 bits per heavy atom. The zero-order valence-corrected chi connectivity index (χ0v) is 12.8. The molecule has 0 saturated heterocycles. The summed E-state index contributed by atoms with van der Waals surface area (Å²) in [7, 11) is 3.77. The fourth-order valence-corrected chi connectivity index (χ4v) is 2.50. The van der Waals surface area contributed by atoms with Gasteiger partial charge in [0.15, 0.2) is 0 Å². The average Bonchev–Trinajstić information content (AvgIpc) is 2.37. The van der Waals surface area contributed by atoms with Gasteiger partial charge in [0.25, 0.3) is 0 Å². The SMILES string of the molecule is CN(C)c1c(Cl)cccc1NC(=O)Cc1cccc(N)c1. The molecule has 0 aromatic heterocycles. The molecule has 0 bridgehead atoms. The van der Waals surface area contributed by atoms with Crippen LogP contribution in [0.2, 0.25) is 5.02 Å². The summed E-state index contributed by atoms with van der Waals surface area (Å²) in [4.78, 5) is 14.0. The number of nitrogens with two attached hydrogens (primary N) is 1. The molecule has 2 rings (SSSR count). The van der Waals surface area contributed by atoms with Gasteiger partial charge in [-0.05, 0) is 29.8 Å². The van der Waals surface area contributed by atoms with Crippen molar-refractivity contribution in [3.63, 3.8) is 0 Å². The number of nitrogen functional groups attached to an aromatic ring is 1. The minimum atomic E-state index is -0.106. The van der Waals surface area contributed by atoms with Gasteiger partial charge in [-0.25, -0.2) is 0 Å². The summed E-state index contributed by atoms with van der Waals surface area (Å²) in [5, 5.41) is 3.49. The third kappa shape index (κ3) is 3.89. The molecular formula is C16H18ClN3O. The second-order valence-corrected chi connectivity index (χ2v) is 5.41. The highest BCUT2D eigenvalue weighted by Gasteiger charge is 2.12. The number of nitrogens with zero attached hydrogens (tertiary/aromatic N) is 1. The number of halogens is 1. The highest BCUT2D eigenvalue weighted by Crippen LogP contribution is 2.32. The standard InChI is InChI=1S/C16H18ClN3O/c1-20(2)16-13(17)7-4-8-14(16)19-15(21)10-11-5-3-6-12(18)9-11/h3-9H,10,18H2,1-2H3,(H,19,21). The molecule has 0 aliphatic carbocycles. The summed E-state index contributed by atoms with van der Waals surface area (Å²) in [6.07, 6.45) is 0.268. The Morgan fingerprint density at radius 2 is 1.95 bits per heavy atom. The van der Waals surface area contributed by atoms with Gasteiger partial charge in [0.05, 0.1) is 22.8 Å². The van der Waals surface area contributed by atoms with E-state index >= 15 is 0 Å². The number of anilines is 3. The van der Waals surface area contributed by atoms with Crippen LogP contribution in [-0.2, 0) is 11.2 Å². The molecule has 0 aliphatic heterocycles. The van der Waals surface area contributed by atoms with Crippen LogP contribution in [0.15, 0.2) is 42.5 Å². The van der Waals surface area contributed by atoms with E-state index in [1.807, 2.05) is 43.3 Å². The molecule has 2 aromatic carbocycles. The molecule has 4 nitrogen and oxygen atoms in total. The van der Waals surface area contributed by atoms with Gasteiger partial charge in [0.2, 0.25) is 5.91 Å². The van der Waals surface area contributed by atoms with Crippen molar-refractivity contribution in [3.8, 4) is 0 Å². The van der Waals surface area contributed by atoms with Crippen LogP contribution >= 0.6 is 11.6 Å². The molecule has 0 saturated carbocycles. The maximum Gasteiger partial charge on any atom is 0.228 e. The van der Waals surface area contributed by atoms with Crippen molar-refractivity contribution in [1.29, 1.82) is 0 Å². The second kappa shape index (κ2) is 6.50. The van der Waals surface area contributed by atoms with Crippen molar-refractivity contribution in [2.75, 3.05) is 30.0 Å². The van der Waals surface area contributed by atoms with Crippen molar-refractivity contribution in [1.82, 2.24) is 0 Å². The van der Waals surface area contributed by atoms with E-state index in [1.54, 1.807) is 18.2 Å². The molecule has 0 heterocycles. The number of benzene rings is 2. The monoisotopic (exact) mass is 303 g/mol. The lowest BCUT2D eigenvalue weighted by molar-refractivity contribution is -0.115. The number of carbonyl (C=O) groups is 1. The third-order valence-corrected chi connectivity index (χ3v) is 3.33. The molecule has 0 spiro atoms. The zero-order chi connectivity index (χ0) is 15.4. The maximum atomic E-state index is 12.2. The first kappa shape index (κ1) is 15.2. The van der Waals surface area contributed by atoms with Crippen molar-refractivity contribution in [2.24, 2.45) is 0 Å². The number of nitrogens with one attached hydrogen (secondary N) is 1. The minimum Gasteiger partial charge on any atom is -0.399 e. The molecule has 5 heteroatoms. The number of hydrogen-bond donors (Lipinski definition) is 2. The van der Waals surface area contributed by atoms with Crippen LogP contribution in [0, 0.1) is 0 Å². The zero-order valence-electron chi connectivity index (χ0n) is 12.1. The number of carbonyl (C=O) groups excluding carboxylic acids is 1. The first-order valence-electron chi connectivity index (χ1n) is 6.57. The van der Waals surface area contributed by atoms with Gasteiger partial charge in [0.1, 0.15) is 0 Å². The quantitative estimate of drug-likeness (QED) is 0.853. The summed E-state index contributed by atoms with van der Waals surface area (Å²) in [5.74, 6) is -0.106.